The summed E-state index contributed by atoms with van der Waals surface area (Å²) in [5.74, 6) is 0.825. The van der Waals surface area contributed by atoms with Crippen LogP contribution >= 0.6 is 0 Å². The van der Waals surface area contributed by atoms with Crippen molar-refractivity contribution in [3.05, 3.63) is 82.7 Å². The van der Waals surface area contributed by atoms with E-state index in [1.165, 1.54) is 36.0 Å². The Labute approximate surface area is 225 Å². The van der Waals surface area contributed by atoms with E-state index in [2.05, 4.69) is 16.7 Å². The Balaban J connectivity index is 1.28. The van der Waals surface area contributed by atoms with Gasteiger partial charge in [-0.15, -0.1) is 0 Å². The van der Waals surface area contributed by atoms with Gasteiger partial charge in [0.2, 0.25) is 0 Å². The predicted octanol–water partition coefficient (Wildman–Crippen LogP) is 6.40. The van der Waals surface area contributed by atoms with Crippen molar-refractivity contribution in [2.24, 2.45) is 0 Å². The zero-order valence-electron chi connectivity index (χ0n) is 22.3. The second-order valence-electron chi connectivity index (χ2n) is 10.7. The van der Waals surface area contributed by atoms with E-state index in [-0.39, 0.29) is 11.6 Å². The molecule has 3 aromatic carbocycles. The third-order valence-corrected chi connectivity index (χ3v) is 8.08. The van der Waals surface area contributed by atoms with Crippen LogP contribution in [0.4, 0.5) is 10.1 Å². The molecule has 38 heavy (non-hydrogen) atoms. The molecule has 1 aliphatic heterocycles. The summed E-state index contributed by atoms with van der Waals surface area (Å²) in [4.78, 5) is 4.59. The van der Waals surface area contributed by atoms with Gasteiger partial charge in [0, 0.05) is 31.4 Å². The number of aryl methyl sites for hydroxylation is 1. The molecule has 6 heteroatoms. The molecule has 1 atom stereocenters. The first-order valence-corrected chi connectivity index (χ1v) is 14.0. The molecule has 0 spiro atoms. The van der Waals surface area contributed by atoms with Crippen molar-refractivity contribution in [3.63, 3.8) is 0 Å². The Morgan fingerprint density at radius 1 is 0.947 bits per heavy atom. The number of aromatic hydroxyl groups is 2. The number of phenols is 2. The minimum absolute atomic E-state index is 0.229. The third kappa shape index (κ3) is 6.24. The maximum atomic E-state index is 15.0. The summed E-state index contributed by atoms with van der Waals surface area (Å²) in [6.07, 6.45) is 6.54. The number of likely N-dealkylation sites (tertiary alicyclic amines) is 1. The molecule has 0 saturated carbocycles. The Morgan fingerprint density at radius 3 is 2.53 bits per heavy atom. The normalized spacial score (nSPS) is 17.7. The zero-order valence-corrected chi connectivity index (χ0v) is 22.3. The maximum absolute atomic E-state index is 15.0. The number of fused-ring (bicyclic) bond motifs is 1. The van der Waals surface area contributed by atoms with Gasteiger partial charge >= 0.3 is 0 Å². The van der Waals surface area contributed by atoms with E-state index in [1.807, 2.05) is 30.3 Å². The molecule has 1 heterocycles. The van der Waals surface area contributed by atoms with E-state index in [0.29, 0.717) is 30.6 Å². The van der Waals surface area contributed by atoms with Crippen LogP contribution in [0.5, 0.6) is 17.2 Å². The van der Waals surface area contributed by atoms with Crippen molar-refractivity contribution in [2.45, 2.75) is 57.9 Å². The second kappa shape index (κ2) is 12.1. The van der Waals surface area contributed by atoms with Gasteiger partial charge in [-0.2, -0.15) is 0 Å². The third-order valence-electron chi connectivity index (χ3n) is 8.08. The highest BCUT2D eigenvalue weighted by atomic mass is 19.1. The number of rotatable bonds is 9. The number of anilines is 1. The lowest BCUT2D eigenvalue weighted by Gasteiger charge is -2.31. The maximum Gasteiger partial charge on any atom is 0.165 e. The Morgan fingerprint density at radius 2 is 1.74 bits per heavy atom. The van der Waals surface area contributed by atoms with Crippen LogP contribution in [0.25, 0.3) is 0 Å². The van der Waals surface area contributed by atoms with E-state index in [1.54, 1.807) is 24.3 Å². The standard InChI is InChI=1S/C32H39FN2O3/c1-2-35(22-23-6-13-32(30(33)18-23)38-17-16-34-14-4-3-5-15-34)31-21-28(37)11-12-29(31)26-8-7-25-20-27(36)10-9-24(25)19-26/h6,9-13,18,20-21,26,36-37H,2-5,7-8,14-17,19,22H2,1H3/t26-/m0/s1. The average Bonchev–Trinajstić information content (AvgIpc) is 2.93. The molecule has 0 amide bonds. The minimum atomic E-state index is -0.333. The number of piperidine rings is 1. The summed E-state index contributed by atoms with van der Waals surface area (Å²) in [7, 11) is 0. The fourth-order valence-electron chi connectivity index (χ4n) is 5.97. The van der Waals surface area contributed by atoms with Gasteiger partial charge in [0.05, 0.1) is 0 Å². The quantitative estimate of drug-likeness (QED) is 0.343. The van der Waals surface area contributed by atoms with Crippen LogP contribution in [0.1, 0.15) is 60.8 Å². The van der Waals surface area contributed by atoms with E-state index in [0.717, 1.165) is 56.7 Å². The first-order valence-electron chi connectivity index (χ1n) is 14.0. The van der Waals surface area contributed by atoms with Crippen molar-refractivity contribution in [1.82, 2.24) is 4.90 Å². The molecule has 3 aromatic rings. The summed E-state index contributed by atoms with van der Waals surface area (Å²) in [5.41, 5.74) is 5.52. The first-order chi connectivity index (χ1) is 18.5. The number of phenolic OH excluding ortho intramolecular Hbond substituents is 2. The monoisotopic (exact) mass is 518 g/mol. The molecular weight excluding hydrogens is 479 g/mol. The number of hydrogen-bond donors (Lipinski definition) is 2. The van der Waals surface area contributed by atoms with Crippen LogP contribution < -0.4 is 9.64 Å². The van der Waals surface area contributed by atoms with E-state index in [4.69, 9.17) is 4.74 Å². The van der Waals surface area contributed by atoms with Crippen LogP contribution in [0.3, 0.4) is 0 Å². The summed E-state index contributed by atoms with van der Waals surface area (Å²) >= 11 is 0. The highest BCUT2D eigenvalue weighted by molar-refractivity contribution is 5.59. The molecule has 1 fully saturated rings. The molecule has 0 unspecified atom stereocenters. The summed E-state index contributed by atoms with van der Waals surface area (Å²) in [6, 6.07) is 16.5. The molecule has 5 rings (SSSR count). The van der Waals surface area contributed by atoms with Crippen molar-refractivity contribution in [1.29, 1.82) is 0 Å². The number of ether oxygens (including phenoxy) is 1. The number of nitrogens with zero attached hydrogens (tertiary/aromatic N) is 2. The topological polar surface area (TPSA) is 56.2 Å². The predicted molar refractivity (Wildman–Crippen MR) is 150 cm³/mol. The smallest absolute Gasteiger partial charge is 0.165 e. The van der Waals surface area contributed by atoms with Gasteiger partial charge in [0.25, 0.3) is 0 Å². The van der Waals surface area contributed by atoms with Gasteiger partial charge in [-0.05, 0) is 111 Å². The van der Waals surface area contributed by atoms with Crippen molar-refractivity contribution in [2.75, 3.05) is 37.7 Å². The van der Waals surface area contributed by atoms with Crippen molar-refractivity contribution in [3.8, 4) is 17.2 Å². The van der Waals surface area contributed by atoms with Gasteiger partial charge in [-0.25, -0.2) is 4.39 Å². The Hall–Kier alpha value is -3.25. The minimum Gasteiger partial charge on any atom is -0.508 e. The lowest BCUT2D eigenvalue weighted by Crippen LogP contribution is -2.33. The molecule has 202 valence electrons. The zero-order chi connectivity index (χ0) is 26.5. The van der Waals surface area contributed by atoms with E-state index < -0.39 is 0 Å². The summed E-state index contributed by atoms with van der Waals surface area (Å²) in [5, 5.41) is 20.2. The van der Waals surface area contributed by atoms with Crippen molar-refractivity contribution < 1.29 is 19.3 Å². The molecule has 1 saturated heterocycles. The van der Waals surface area contributed by atoms with E-state index >= 15 is 0 Å². The fourth-order valence-corrected chi connectivity index (χ4v) is 5.97. The largest absolute Gasteiger partial charge is 0.508 e. The lowest BCUT2D eigenvalue weighted by atomic mass is 9.79. The van der Waals surface area contributed by atoms with Crippen LogP contribution in [0.2, 0.25) is 0 Å². The second-order valence-corrected chi connectivity index (χ2v) is 10.7. The summed E-state index contributed by atoms with van der Waals surface area (Å²) in [6.45, 7) is 6.88. The van der Waals surface area contributed by atoms with Gasteiger partial charge in [0.15, 0.2) is 11.6 Å². The molecular formula is C32H39FN2O3. The Kier molecular flexibility index (Phi) is 8.38. The summed E-state index contributed by atoms with van der Waals surface area (Å²) < 4.78 is 20.7. The molecule has 0 aromatic heterocycles. The lowest BCUT2D eigenvalue weighted by molar-refractivity contribution is 0.180. The molecule has 2 aliphatic rings. The highest BCUT2D eigenvalue weighted by Crippen LogP contribution is 2.40. The number of hydrogen-bond acceptors (Lipinski definition) is 5. The molecule has 0 bridgehead atoms. The Bertz CT molecular complexity index is 1240. The van der Waals surface area contributed by atoms with Gasteiger partial charge in [0.1, 0.15) is 18.1 Å². The van der Waals surface area contributed by atoms with Crippen LogP contribution in [0, 0.1) is 5.82 Å². The number of halogens is 1. The first kappa shape index (κ1) is 26.4. The molecule has 1 aliphatic carbocycles. The molecule has 0 radical (unpaired) electrons. The average molecular weight is 519 g/mol. The highest BCUT2D eigenvalue weighted by Gasteiger charge is 2.25. The van der Waals surface area contributed by atoms with Crippen LogP contribution in [0.15, 0.2) is 54.6 Å². The van der Waals surface area contributed by atoms with Crippen LogP contribution in [-0.4, -0.2) is 47.9 Å². The van der Waals surface area contributed by atoms with Crippen molar-refractivity contribution >= 4 is 5.69 Å². The fraction of sp³-hybridized carbons (Fsp3) is 0.438. The van der Waals surface area contributed by atoms with Crippen LogP contribution in [-0.2, 0) is 19.4 Å². The van der Waals surface area contributed by atoms with Gasteiger partial charge in [-0.3, -0.25) is 4.90 Å². The van der Waals surface area contributed by atoms with E-state index in [9.17, 15) is 14.6 Å². The molecule has 5 nitrogen and oxygen atoms in total. The van der Waals surface area contributed by atoms with Gasteiger partial charge < -0.3 is 19.8 Å². The van der Waals surface area contributed by atoms with Gasteiger partial charge in [-0.1, -0.05) is 24.6 Å². The SMILES string of the molecule is CCN(Cc1ccc(OCCN2CCCCC2)c(F)c1)c1cc(O)ccc1[C@H]1CCc2cc(O)ccc2C1. The number of benzene rings is 3. The molecule has 2 N–H and O–H groups in total.